The molecule has 0 heterocycles. The lowest BCUT2D eigenvalue weighted by Crippen LogP contribution is -2.45. The van der Waals surface area contributed by atoms with Crippen molar-refractivity contribution in [3.05, 3.63) is 35.9 Å². The lowest BCUT2D eigenvalue weighted by molar-refractivity contribution is -0.148. The average Bonchev–Trinajstić information content (AvgIpc) is 2.44. The van der Waals surface area contributed by atoms with Crippen molar-refractivity contribution in [2.24, 2.45) is 0 Å². The van der Waals surface area contributed by atoms with Crippen molar-refractivity contribution in [3.63, 3.8) is 0 Å². The highest BCUT2D eigenvalue weighted by molar-refractivity contribution is 5.88. The van der Waals surface area contributed by atoms with Gasteiger partial charge in [0.05, 0.1) is 6.61 Å². The van der Waals surface area contributed by atoms with Crippen molar-refractivity contribution in [2.75, 3.05) is 6.61 Å². The van der Waals surface area contributed by atoms with Crippen molar-refractivity contribution in [3.8, 4) is 0 Å². The van der Waals surface area contributed by atoms with Crippen LogP contribution >= 0.6 is 0 Å². The number of carbonyl (C=O) groups excluding carboxylic acids is 1. The second-order valence-electron chi connectivity index (χ2n) is 3.90. The molecule has 0 aliphatic heterocycles. The Balaban J connectivity index is 2.75. The number of hydrogen-bond donors (Lipinski definition) is 5. The van der Waals surface area contributed by atoms with Crippen LogP contribution in [0.25, 0.3) is 0 Å². The Morgan fingerprint density at radius 2 is 1.61 bits per heavy atom. The predicted octanol–water partition coefficient (Wildman–Crippen LogP) is -1.64. The quantitative estimate of drug-likeness (QED) is 0.417. The van der Waals surface area contributed by atoms with E-state index in [1.165, 1.54) is 12.1 Å². The molecule has 6 heteroatoms. The van der Waals surface area contributed by atoms with Gasteiger partial charge in [0.25, 0.3) is 0 Å². The van der Waals surface area contributed by atoms with Gasteiger partial charge < -0.3 is 25.5 Å². The van der Waals surface area contributed by atoms with Gasteiger partial charge in [0.15, 0.2) is 5.78 Å². The molecule has 1 aromatic rings. The molecule has 0 aromatic heterocycles. The van der Waals surface area contributed by atoms with Gasteiger partial charge in [-0.3, -0.25) is 4.79 Å². The number of aliphatic hydroxyl groups excluding tert-OH is 5. The zero-order chi connectivity index (χ0) is 13.7. The van der Waals surface area contributed by atoms with Crippen LogP contribution < -0.4 is 0 Å². The third-order valence-corrected chi connectivity index (χ3v) is 2.58. The molecule has 0 bridgehead atoms. The van der Waals surface area contributed by atoms with Gasteiger partial charge in [-0.25, -0.2) is 0 Å². The van der Waals surface area contributed by atoms with E-state index in [9.17, 15) is 20.1 Å². The lowest BCUT2D eigenvalue weighted by atomic mass is 9.97. The van der Waals surface area contributed by atoms with E-state index in [2.05, 4.69) is 0 Å². The van der Waals surface area contributed by atoms with E-state index in [0.29, 0.717) is 0 Å². The predicted molar refractivity (Wildman–Crippen MR) is 61.5 cm³/mol. The Labute approximate surface area is 104 Å². The Morgan fingerprint density at radius 1 is 1.06 bits per heavy atom. The van der Waals surface area contributed by atoms with Crippen LogP contribution in [0.2, 0.25) is 0 Å². The molecule has 0 fully saturated rings. The largest absolute Gasteiger partial charge is 0.394 e. The van der Waals surface area contributed by atoms with Crippen LogP contribution in [0.1, 0.15) is 11.7 Å². The first kappa shape index (κ1) is 14.7. The Bertz CT molecular complexity index is 379. The summed E-state index contributed by atoms with van der Waals surface area (Å²) in [6.45, 7) is -0.799. The number of hydrogen-bond acceptors (Lipinski definition) is 6. The van der Waals surface area contributed by atoms with E-state index in [4.69, 9.17) is 10.2 Å². The van der Waals surface area contributed by atoms with Crippen LogP contribution in [-0.2, 0) is 4.79 Å². The zero-order valence-electron chi connectivity index (χ0n) is 9.55. The topological polar surface area (TPSA) is 118 Å². The maximum Gasteiger partial charge on any atom is 0.196 e. The van der Waals surface area contributed by atoms with Gasteiger partial charge in [-0.2, -0.15) is 0 Å². The average molecular weight is 256 g/mol. The first-order valence-corrected chi connectivity index (χ1v) is 5.40. The maximum atomic E-state index is 11.7. The van der Waals surface area contributed by atoms with Gasteiger partial charge in [-0.15, -0.1) is 0 Å². The minimum absolute atomic E-state index is 0.271. The number of benzene rings is 1. The summed E-state index contributed by atoms with van der Waals surface area (Å²) in [4.78, 5) is 11.7. The van der Waals surface area contributed by atoms with E-state index < -0.39 is 36.8 Å². The molecule has 5 N–H and O–H groups in total. The molecule has 0 aliphatic carbocycles. The summed E-state index contributed by atoms with van der Waals surface area (Å²) in [5.41, 5.74) is 0.271. The third kappa shape index (κ3) is 3.34. The summed E-state index contributed by atoms with van der Waals surface area (Å²) < 4.78 is 0. The van der Waals surface area contributed by atoms with E-state index in [-0.39, 0.29) is 5.56 Å². The van der Waals surface area contributed by atoms with E-state index in [1.807, 2.05) is 0 Å². The molecule has 0 aliphatic rings. The fourth-order valence-electron chi connectivity index (χ4n) is 1.45. The SMILES string of the molecule is O=C(C(O)c1ccccc1)[C@@H](O)[C@H](O)[C@H](O)CO. The number of Topliss-reactive ketones (excluding diaryl/α,β-unsaturated/α-hetero) is 1. The van der Waals surface area contributed by atoms with E-state index in [0.717, 1.165) is 0 Å². The van der Waals surface area contributed by atoms with Crippen LogP contribution in [-0.4, -0.2) is 56.2 Å². The van der Waals surface area contributed by atoms with Crippen molar-refractivity contribution < 1.29 is 30.3 Å². The summed E-state index contributed by atoms with van der Waals surface area (Å²) in [6.07, 6.45) is -7.06. The monoisotopic (exact) mass is 256 g/mol. The Kier molecular flexibility index (Phi) is 5.39. The zero-order valence-corrected chi connectivity index (χ0v) is 9.55. The van der Waals surface area contributed by atoms with Gasteiger partial charge in [-0.1, -0.05) is 30.3 Å². The molecular weight excluding hydrogens is 240 g/mol. The smallest absolute Gasteiger partial charge is 0.196 e. The third-order valence-electron chi connectivity index (χ3n) is 2.58. The van der Waals surface area contributed by atoms with E-state index in [1.54, 1.807) is 18.2 Å². The highest BCUT2D eigenvalue weighted by Crippen LogP contribution is 2.17. The molecule has 0 saturated carbocycles. The standard InChI is InChI=1S/C12H16O6/c13-6-8(14)10(16)12(18)11(17)9(15)7-4-2-1-3-5-7/h1-5,8-10,12-16,18H,6H2/t8-,9?,10-,12+/m1/s1. The number of carbonyl (C=O) groups is 1. The van der Waals surface area contributed by atoms with Crippen LogP contribution in [0.5, 0.6) is 0 Å². The van der Waals surface area contributed by atoms with Crippen molar-refractivity contribution in [1.82, 2.24) is 0 Å². The molecule has 1 unspecified atom stereocenters. The van der Waals surface area contributed by atoms with Gasteiger partial charge in [0, 0.05) is 0 Å². The van der Waals surface area contributed by atoms with Crippen LogP contribution in [0.4, 0.5) is 0 Å². The molecule has 100 valence electrons. The second kappa shape index (κ2) is 6.58. The van der Waals surface area contributed by atoms with Crippen LogP contribution in [0.3, 0.4) is 0 Å². The summed E-state index contributed by atoms with van der Waals surface area (Å²) in [7, 11) is 0. The molecule has 0 radical (unpaired) electrons. The minimum Gasteiger partial charge on any atom is -0.394 e. The molecule has 0 spiro atoms. The van der Waals surface area contributed by atoms with E-state index >= 15 is 0 Å². The molecule has 18 heavy (non-hydrogen) atoms. The summed E-state index contributed by atoms with van der Waals surface area (Å²) in [5.74, 6) is -1.04. The Morgan fingerprint density at radius 3 is 2.11 bits per heavy atom. The summed E-state index contributed by atoms with van der Waals surface area (Å²) in [5, 5.41) is 46.2. The highest BCUT2D eigenvalue weighted by Gasteiger charge is 2.33. The number of rotatable bonds is 6. The fraction of sp³-hybridized carbons (Fsp3) is 0.417. The molecular formula is C12H16O6. The lowest BCUT2D eigenvalue weighted by Gasteiger charge is -2.22. The molecule has 0 amide bonds. The molecule has 1 rings (SSSR count). The summed E-state index contributed by atoms with van der Waals surface area (Å²) in [6, 6.07) is 7.89. The van der Waals surface area contributed by atoms with Crippen LogP contribution in [0, 0.1) is 0 Å². The van der Waals surface area contributed by atoms with Crippen molar-refractivity contribution >= 4 is 5.78 Å². The highest BCUT2D eigenvalue weighted by atomic mass is 16.4. The minimum atomic E-state index is -1.97. The first-order chi connectivity index (χ1) is 8.49. The fourth-order valence-corrected chi connectivity index (χ4v) is 1.45. The maximum absolute atomic E-state index is 11.7. The van der Waals surface area contributed by atoms with Crippen molar-refractivity contribution in [1.29, 1.82) is 0 Å². The van der Waals surface area contributed by atoms with Gasteiger partial charge in [0.1, 0.15) is 24.4 Å². The van der Waals surface area contributed by atoms with Gasteiger partial charge in [-0.05, 0) is 5.56 Å². The molecule has 6 nitrogen and oxygen atoms in total. The number of ketones is 1. The Hall–Kier alpha value is -1.31. The summed E-state index contributed by atoms with van der Waals surface area (Å²) >= 11 is 0. The normalized spacial score (nSPS) is 17.8. The second-order valence-corrected chi connectivity index (χ2v) is 3.90. The molecule has 1 aromatic carbocycles. The van der Waals surface area contributed by atoms with Crippen LogP contribution in [0.15, 0.2) is 30.3 Å². The van der Waals surface area contributed by atoms with Gasteiger partial charge >= 0.3 is 0 Å². The van der Waals surface area contributed by atoms with Gasteiger partial charge in [0.2, 0.25) is 0 Å². The number of aliphatic hydroxyl groups is 5. The molecule has 4 atom stereocenters. The van der Waals surface area contributed by atoms with Crippen molar-refractivity contribution in [2.45, 2.75) is 24.4 Å². The molecule has 0 saturated heterocycles. The first-order valence-electron chi connectivity index (χ1n) is 5.40.